The van der Waals surface area contributed by atoms with E-state index in [9.17, 15) is 5.11 Å². The van der Waals surface area contributed by atoms with Crippen molar-refractivity contribution >= 4 is 32.4 Å². The molecule has 0 amide bonds. The average molecular weight is 309 g/mol. The number of benzene rings is 3. The minimum atomic E-state index is 0.279. The normalized spacial score (nSPS) is 11.1. The quantitative estimate of drug-likeness (QED) is 0.510. The van der Waals surface area contributed by atoms with Crippen LogP contribution in [0.5, 0.6) is 11.5 Å². The monoisotopic (exact) mass is 309 g/mol. The smallest absolute Gasteiger partial charge is 0.418 e. The summed E-state index contributed by atoms with van der Waals surface area (Å²) in [5.74, 6) is 1.09. The standard InChI is InChI=1S/C18H12O3S/c1-20-12-8-6-11(7-9-12)18-21-17-14-5-3-2-4-13(14)15(19)10-16(17)22-18/h2-10H,1H3/p+1. The molecule has 22 heavy (non-hydrogen) atoms. The highest BCUT2D eigenvalue weighted by Crippen LogP contribution is 2.40. The fourth-order valence-electron chi connectivity index (χ4n) is 2.54. The molecule has 0 radical (unpaired) electrons. The third-order valence-electron chi connectivity index (χ3n) is 3.66. The fraction of sp³-hybridized carbons (Fsp3) is 0.0556. The van der Waals surface area contributed by atoms with Crippen molar-refractivity contribution in [2.45, 2.75) is 0 Å². The molecule has 0 unspecified atom stereocenters. The van der Waals surface area contributed by atoms with E-state index in [1.807, 2.05) is 48.5 Å². The van der Waals surface area contributed by atoms with Crippen LogP contribution in [0.15, 0.2) is 59.0 Å². The van der Waals surface area contributed by atoms with Crippen LogP contribution in [-0.2, 0) is 0 Å². The van der Waals surface area contributed by atoms with Crippen LogP contribution >= 0.6 is 11.3 Å². The predicted octanol–water partition coefficient (Wildman–Crippen LogP) is 5.31. The molecule has 4 rings (SSSR count). The van der Waals surface area contributed by atoms with Crippen molar-refractivity contribution in [3.63, 3.8) is 0 Å². The molecule has 0 saturated heterocycles. The van der Waals surface area contributed by atoms with E-state index in [2.05, 4.69) is 0 Å². The molecule has 1 N–H and O–H groups in total. The maximum atomic E-state index is 10.2. The van der Waals surface area contributed by atoms with Crippen LogP contribution in [0.2, 0.25) is 0 Å². The SMILES string of the molecule is COc1ccc(-c2[o+]c3c(cc(O)c4ccccc43)s2)cc1. The van der Waals surface area contributed by atoms with E-state index in [-0.39, 0.29) is 5.75 Å². The minimum absolute atomic E-state index is 0.279. The summed E-state index contributed by atoms with van der Waals surface area (Å²) in [6.45, 7) is 0. The van der Waals surface area contributed by atoms with Gasteiger partial charge in [-0.2, -0.15) is 4.42 Å². The molecular weight excluding hydrogens is 296 g/mol. The first-order chi connectivity index (χ1) is 10.8. The minimum Gasteiger partial charge on any atom is -0.507 e. The van der Waals surface area contributed by atoms with Gasteiger partial charge in [-0.15, -0.1) is 0 Å². The second-order valence-corrected chi connectivity index (χ2v) is 6.00. The predicted molar refractivity (Wildman–Crippen MR) is 89.7 cm³/mol. The summed E-state index contributed by atoms with van der Waals surface area (Å²) in [4.78, 5) is 0. The van der Waals surface area contributed by atoms with Crippen molar-refractivity contribution in [3.8, 4) is 22.1 Å². The molecule has 4 aromatic rings. The number of phenolic OH excluding ortho intramolecular Hbond substituents is 1. The molecule has 3 nitrogen and oxygen atoms in total. The van der Waals surface area contributed by atoms with E-state index >= 15 is 0 Å². The molecule has 0 saturated carbocycles. The lowest BCUT2D eigenvalue weighted by Crippen LogP contribution is -1.81. The van der Waals surface area contributed by atoms with Gasteiger partial charge in [0, 0.05) is 11.5 Å². The van der Waals surface area contributed by atoms with Crippen molar-refractivity contribution in [1.29, 1.82) is 0 Å². The third kappa shape index (κ3) is 2.00. The number of hydrogen-bond donors (Lipinski definition) is 1. The molecule has 0 fully saturated rings. The van der Waals surface area contributed by atoms with Crippen LogP contribution in [0.3, 0.4) is 0 Å². The highest BCUT2D eigenvalue weighted by atomic mass is 32.1. The van der Waals surface area contributed by atoms with Crippen molar-refractivity contribution in [2.24, 2.45) is 0 Å². The Hall–Kier alpha value is -2.59. The molecule has 108 valence electrons. The lowest BCUT2D eigenvalue weighted by Gasteiger charge is -1.96. The zero-order valence-corrected chi connectivity index (χ0v) is 12.7. The molecule has 0 aliphatic rings. The summed E-state index contributed by atoms with van der Waals surface area (Å²) in [5, 5.41) is 12.7. The molecule has 0 spiro atoms. The van der Waals surface area contributed by atoms with Crippen LogP contribution in [0.4, 0.5) is 0 Å². The molecule has 0 atom stereocenters. The van der Waals surface area contributed by atoms with Gasteiger partial charge in [0.25, 0.3) is 0 Å². The van der Waals surface area contributed by atoms with Gasteiger partial charge >= 0.3 is 10.7 Å². The summed E-state index contributed by atoms with van der Waals surface area (Å²) in [5.41, 5.74) is 1.80. The van der Waals surface area contributed by atoms with Crippen molar-refractivity contribution in [2.75, 3.05) is 7.11 Å². The van der Waals surface area contributed by atoms with Gasteiger partial charge < -0.3 is 9.84 Å². The molecule has 3 aromatic carbocycles. The van der Waals surface area contributed by atoms with Gasteiger partial charge in [0.1, 0.15) is 16.2 Å². The van der Waals surface area contributed by atoms with Crippen LogP contribution in [0.1, 0.15) is 0 Å². The second kappa shape index (κ2) is 5.00. The Balaban J connectivity index is 1.94. The zero-order chi connectivity index (χ0) is 15.1. The van der Waals surface area contributed by atoms with E-state index in [1.54, 1.807) is 13.2 Å². The second-order valence-electron chi connectivity index (χ2n) is 4.99. The molecule has 0 bridgehead atoms. The first-order valence-electron chi connectivity index (χ1n) is 6.88. The van der Waals surface area contributed by atoms with E-state index in [0.717, 1.165) is 37.4 Å². The van der Waals surface area contributed by atoms with Gasteiger partial charge in [0.2, 0.25) is 0 Å². The summed E-state index contributed by atoms with van der Waals surface area (Å²) in [7, 11) is 1.65. The van der Waals surface area contributed by atoms with E-state index < -0.39 is 0 Å². The molecule has 0 aliphatic carbocycles. The Morgan fingerprint density at radius 1 is 1.00 bits per heavy atom. The molecule has 1 heterocycles. The maximum Gasteiger partial charge on any atom is 0.418 e. The number of phenols is 1. The first-order valence-corrected chi connectivity index (χ1v) is 7.70. The average Bonchev–Trinajstić information content (AvgIpc) is 2.99. The lowest BCUT2D eigenvalue weighted by molar-refractivity contribution is 0.415. The van der Waals surface area contributed by atoms with Gasteiger partial charge in [-0.25, -0.2) is 0 Å². The summed E-state index contributed by atoms with van der Waals surface area (Å²) >= 11 is 1.53. The Kier molecular flexibility index (Phi) is 2.98. The van der Waals surface area contributed by atoms with Crippen LogP contribution < -0.4 is 4.74 Å². The number of rotatable bonds is 2. The van der Waals surface area contributed by atoms with Gasteiger partial charge in [0.05, 0.1) is 18.1 Å². The van der Waals surface area contributed by atoms with Gasteiger partial charge in [-0.3, -0.25) is 0 Å². The topological polar surface area (TPSA) is 40.8 Å². The van der Waals surface area contributed by atoms with Crippen LogP contribution in [-0.4, -0.2) is 12.2 Å². The maximum absolute atomic E-state index is 10.2. The molecular formula is C18H13O3S+. The van der Waals surface area contributed by atoms with Crippen molar-refractivity contribution in [3.05, 3.63) is 54.6 Å². The van der Waals surface area contributed by atoms with E-state index in [0.29, 0.717) is 0 Å². The largest absolute Gasteiger partial charge is 0.507 e. The van der Waals surface area contributed by atoms with Crippen LogP contribution in [0, 0.1) is 0 Å². The fourth-order valence-corrected chi connectivity index (χ4v) is 3.54. The highest BCUT2D eigenvalue weighted by molar-refractivity contribution is 7.21. The van der Waals surface area contributed by atoms with E-state index in [1.165, 1.54) is 11.3 Å². The summed E-state index contributed by atoms with van der Waals surface area (Å²) in [6, 6.07) is 17.2. The summed E-state index contributed by atoms with van der Waals surface area (Å²) < 4.78 is 12.2. The Morgan fingerprint density at radius 2 is 1.73 bits per heavy atom. The molecule has 4 heteroatoms. The Labute approximate surface area is 131 Å². The molecule has 1 aromatic heterocycles. The number of fused-ring (bicyclic) bond motifs is 3. The van der Waals surface area contributed by atoms with Gasteiger partial charge in [-0.05, 0) is 41.7 Å². The number of methoxy groups -OCH3 is 1. The molecule has 0 aliphatic heterocycles. The van der Waals surface area contributed by atoms with Crippen molar-refractivity contribution < 1.29 is 14.3 Å². The number of aromatic hydroxyl groups is 1. The third-order valence-corrected chi connectivity index (χ3v) is 4.69. The summed E-state index contributed by atoms with van der Waals surface area (Å²) in [6.07, 6.45) is 0. The zero-order valence-electron chi connectivity index (χ0n) is 11.9. The Bertz CT molecular complexity index is 971. The van der Waals surface area contributed by atoms with Crippen molar-refractivity contribution in [1.82, 2.24) is 0 Å². The first kappa shape index (κ1) is 13.1. The lowest BCUT2D eigenvalue weighted by atomic mass is 10.1. The Morgan fingerprint density at radius 3 is 2.45 bits per heavy atom. The van der Waals surface area contributed by atoms with Gasteiger partial charge in [0.15, 0.2) is 0 Å². The number of ether oxygens (including phenoxy) is 1. The van der Waals surface area contributed by atoms with Crippen LogP contribution in [0.25, 0.3) is 31.7 Å². The van der Waals surface area contributed by atoms with E-state index in [4.69, 9.17) is 9.15 Å². The number of hydrogen-bond acceptors (Lipinski definition) is 3. The highest BCUT2D eigenvalue weighted by Gasteiger charge is 2.23. The van der Waals surface area contributed by atoms with Gasteiger partial charge in [-0.1, -0.05) is 18.2 Å².